The molecule has 0 aliphatic heterocycles. The van der Waals surface area contributed by atoms with E-state index < -0.39 is 0 Å². The van der Waals surface area contributed by atoms with Gasteiger partial charge in [-0.25, -0.2) is 9.67 Å². The summed E-state index contributed by atoms with van der Waals surface area (Å²) in [6, 6.07) is 2.10. The van der Waals surface area contributed by atoms with Gasteiger partial charge in [0.15, 0.2) is 0 Å². The van der Waals surface area contributed by atoms with E-state index in [0.717, 1.165) is 12.0 Å². The van der Waals surface area contributed by atoms with E-state index in [1.165, 1.54) is 6.33 Å². The van der Waals surface area contributed by atoms with Crippen LogP contribution in [0.2, 0.25) is 0 Å². The van der Waals surface area contributed by atoms with E-state index in [1.54, 1.807) is 17.1 Å². The standard InChI is InChI=1S/C10H8N4/c11-5-9-1-3-10(4-2-9)6-14-8-12-7-13-14/h1-3,6-8H,4H2/b10-6-. The van der Waals surface area contributed by atoms with Gasteiger partial charge in [0.05, 0.1) is 6.07 Å². The average molecular weight is 184 g/mol. The lowest BCUT2D eigenvalue weighted by molar-refractivity contribution is 0.925. The van der Waals surface area contributed by atoms with Crippen molar-refractivity contribution in [1.29, 1.82) is 5.26 Å². The zero-order chi connectivity index (χ0) is 9.80. The van der Waals surface area contributed by atoms with Gasteiger partial charge < -0.3 is 0 Å². The van der Waals surface area contributed by atoms with Crippen molar-refractivity contribution in [2.45, 2.75) is 6.42 Å². The normalized spacial score (nSPS) is 17.9. The van der Waals surface area contributed by atoms with Crippen LogP contribution in [-0.2, 0) is 0 Å². The zero-order valence-electron chi connectivity index (χ0n) is 7.46. The molecule has 0 aromatic carbocycles. The highest BCUT2D eigenvalue weighted by atomic mass is 15.3. The Labute approximate surface area is 81.5 Å². The van der Waals surface area contributed by atoms with E-state index in [4.69, 9.17) is 5.26 Å². The average Bonchev–Trinajstić information content (AvgIpc) is 2.72. The van der Waals surface area contributed by atoms with Gasteiger partial charge in [-0.2, -0.15) is 10.4 Å². The maximum atomic E-state index is 8.62. The maximum absolute atomic E-state index is 8.62. The van der Waals surface area contributed by atoms with Gasteiger partial charge in [-0.15, -0.1) is 0 Å². The molecule has 2 rings (SSSR count). The molecular formula is C10H8N4. The van der Waals surface area contributed by atoms with Crippen LogP contribution in [0.3, 0.4) is 0 Å². The lowest BCUT2D eigenvalue weighted by atomic mass is 10.0. The van der Waals surface area contributed by atoms with Crippen molar-refractivity contribution in [3.8, 4) is 6.07 Å². The molecule has 68 valence electrons. The summed E-state index contributed by atoms with van der Waals surface area (Å²) >= 11 is 0. The van der Waals surface area contributed by atoms with Crippen LogP contribution >= 0.6 is 0 Å². The van der Waals surface area contributed by atoms with Crippen LogP contribution in [0, 0.1) is 11.3 Å². The minimum atomic E-state index is 0.709. The molecule has 1 aromatic heterocycles. The molecule has 0 unspecified atom stereocenters. The summed E-state index contributed by atoms with van der Waals surface area (Å²) in [6.45, 7) is 0. The smallest absolute Gasteiger partial charge is 0.138 e. The van der Waals surface area contributed by atoms with Gasteiger partial charge in [0, 0.05) is 11.8 Å². The lowest BCUT2D eigenvalue weighted by Gasteiger charge is -2.03. The molecule has 0 radical (unpaired) electrons. The first kappa shape index (κ1) is 8.45. The molecule has 0 saturated heterocycles. The molecule has 0 N–H and O–H groups in total. The Hall–Kier alpha value is -2.15. The summed E-state index contributed by atoms with van der Waals surface area (Å²) in [5.74, 6) is 0. The molecule has 1 aliphatic rings. The number of allylic oxidation sites excluding steroid dienone is 5. The second-order valence-electron chi connectivity index (χ2n) is 2.89. The third kappa shape index (κ3) is 1.77. The summed E-state index contributed by atoms with van der Waals surface area (Å²) in [4.78, 5) is 3.83. The molecule has 4 heteroatoms. The molecule has 0 bridgehead atoms. The summed E-state index contributed by atoms with van der Waals surface area (Å²) < 4.78 is 1.64. The molecular weight excluding hydrogens is 176 g/mol. The van der Waals surface area contributed by atoms with Gasteiger partial charge in [0.25, 0.3) is 0 Å². The second-order valence-corrected chi connectivity index (χ2v) is 2.89. The van der Waals surface area contributed by atoms with Gasteiger partial charge in [0.1, 0.15) is 12.7 Å². The second kappa shape index (κ2) is 3.71. The van der Waals surface area contributed by atoms with Crippen LogP contribution in [0.1, 0.15) is 6.42 Å². The van der Waals surface area contributed by atoms with Gasteiger partial charge in [-0.3, -0.25) is 0 Å². The highest BCUT2D eigenvalue weighted by Gasteiger charge is 2.00. The van der Waals surface area contributed by atoms with Crippen molar-refractivity contribution in [3.05, 3.63) is 42.0 Å². The van der Waals surface area contributed by atoms with Gasteiger partial charge >= 0.3 is 0 Å². The summed E-state index contributed by atoms with van der Waals surface area (Å²) in [6.07, 6.45) is 11.4. The van der Waals surface area contributed by atoms with Crippen LogP contribution in [0.5, 0.6) is 0 Å². The van der Waals surface area contributed by atoms with Crippen LogP contribution in [0.25, 0.3) is 6.20 Å². The topological polar surface area (TPSA) is 54.5 Å². The van der Waals surface area contributed by atoms with E-state index >= 15 is 0 Å². The molecule has 0 spiro atoms. The highest BCUT2D eigenvalue weighted by Crippen LogP contribution is 2.15. The van der Waals surface area contributed by atoms with E-state index in [2.05, 4.69) is 16.2 Å². The summed E-state index contributed by atoms with van der Waals surface area (Å²) in [5.41, 5.74) is 1.82. The highest BCUT2D eigenvalue weighted by molar-refractivity contribution is 5.48. The SMILES string of the molecule is N#CC1=CC/C(=C\n2cncn2)C=C1. The van der Waals surface area contributed by atoms with Crippen molar-refractivity contribution >= 4 is 6.20 Å². The van der Waals surface area contributed by atoms with Gasteiger partial charge in [-0.1, -0.05) is 12.2 Å². The summed E-state index contributed by atoms with van der Waals surface area (Å²) in [5, 5.41) is 12.6. The Balaban J connectivity index is 2.15. The number of nitrogens with zero attached hydrogens (tertiary/aromatic N) is 4. The molecule has 1 aromatic rings. The van der Waals surface area contributed by atoms with Gasteiger partial charge in [0.2, 0.25) is 0 Å². The molecule has 0 atom stereocenters. The molecule has 0 saturated carbocycles. The fraction of sp³-hybridized carbons (Fsp3) is 0.100. The van der Waals surface area contributed by atoms with Crippen molar-refractivity contribution in [2.75, 3.05) is 0 Å². The predicted octanol–water partition coefficient (Wildman–Crippen LogP) is 1.53. The third-order valence-electron chi connectivity index (χ3n) is 1.90. The Kier molecular flexibility index (Phi) is 2.24. The molecule has 0 amide bonds. The van der Waals surface area contributed by atoms with E-state index in [9.17, 15) is 0 Å². The quantitative estimate of drug-likeness (QED) is 0.665. The fourth-order valence-corrected chi connectivity index (χ4v) is 1.19. The third-order valence-corrected chi connectivity index (χ3v) is 1.90. The Bertz CT molecular complexity index is 443. The van der Waals surface area contributed by atoms with Gasteiger partial charge in [-0.05, 0) is 18.1 Å². The van der Waals surface area contributed by atoms with Crippen molar-refractivity contribution in [2.24, 2.45) is 0 Å². The van der Waals surface area contributed by atoms with Crippen molar-refractivity contribution in [1.82, 2.24) is 14.8 Å². The Morgan fingerprint density at radius 3 is 3.00 bits per heavy atom. The molecule has 1 heterocycles. The number of rotatable bonds is 1. The van der Waals surface area contributed by atoms with Crippen LogP contribution < -0.4 is 0 Å². The predicted molar refractivity (Wildman–Crippen MR) is 51.7 cm³/mol. The fourth-order valence-electron chi connectivity index (χ4n) is 1.19. The lowest BCUT2D eigenvalue weighted by Crippen LogP contribution is -1.91. The van der Waals surface area contributed by atoms with Crippen LogP contribution in [-0.4, -0.2) is 14.8 Å². The molecule has 4 nitrogen and oxygen atoms in total. The number of nitriles is 1. The maximum Gasteiger partial charge on any atom is 0.138 e. The minimum Gasteiger partial charge on any atom is -0.228 e. The monoisotopic (exact) mass is 184 g/mol. The Morgan fingerprint density at radius 2 is 2.43 bits per heavy atom. The Morgan fingerprint density at radius 1 is 1.50 bits per heavy atom. The number of aromatic nitrogens is 3. The first-order valence-corrected chi connectivity index (χ1v) is 4.21. The van der Waals surface area contributed by atoms with Crippen molar-refractivity contribution < 1.29 is 0 Å². The van der Waals surface area contributed by atoms with Crippen LogP contribution in [0.15, 0.2) is 42.0 Å². The summed E-state index contributed by atoms with van der Waals surface area (Å²) in [7, 11) is 0. The first-order chi connectivity index (χ1) is 6.88. The van der Waals surface area contributed by atoms with Crippen molar-refractivity contribution in [3.63, 3.8) is 0 Å². The molecule has 0 fully saturated rings. The molecule has 1 aliphatic carbocycles. The van der Waals surface area contributed by atoms with E-state index in [-0.39, 0.29) is 0 Å². The zero-order valence-corrected chi connectivity index (χ0v) is 7.46. The largest absolute Gasteiger partial charge is 0.228 e. The number of hydrogen-bond acceptors (Lipinski definition) is 3. The van der Waals surface area contributed by atoms with E-state index in [0.29, 0.717) is 5.57 Å². The van der Waals surface area contributed by atoms with E-state index in [1.807, 2.05) is 18.4 Å². The molecule has 14 heavy (non-hydrogen) atoms. The minimum absolute atomic E-state index is 0.709. The van der Waals surface area contributed by atoms with Crippen LogP contribution in [0.4, 0.5) is 0 Å². The number of hydrogen-bond donors (Lipinski definition) is 0. The first-order valence-electron chi connectivity index (χ1n) is 4.21.